The molecule has 2 aromatic carbocycles. The molecular formula is C23H27NOS. The third-order valence-corrected chi connectivity index (χ3v) is 6.66. The zero-order chi connectivity index (χ0) is 17.8. The van der Waals surface area contributed by atoms with E-state index in [9.17, 15) is 0 Å². The van der Waals surface area contributed by atoms with Crippen molar-refractivity contribution in [2.45, 2.75) is 25.7 Å². The molecule has 0 spiro atoms. The number of nitrogens with zero attached hydrogens (tertiary/aromatic N) is 1. The Morgan fingerprint density at radius 2 is 1.81 bits per heavy atom. The highest BCUT2D eigenvalue weighted by Crippen LogP contribution is 2.30. The molecule has 1 aromatic heterocycles. The molecule has 1 saturated heterocycles. The van der Waals surface area contributed by atoms with Gasteiger partial charge in [-0.15, -0.1) is 11.3 Å². The van der Waals surface area contributed by atoms with Crippen molar-refractivity contribution >= 4 is 21.4 Å². The number of ether oxygens (including phenoxy) is 1. The standard InChI is InChI=1S/C23H27NOS/c1-25-21-8-6-18(7-9-21)10-13-24-14-11-19(12-15-24)16-20-17-26-23-5-3-2-4-22(20)23/h2-9,17,19H,10-16H2,1H3. The van der Waals surface area contributed by atoms with Crippen LogP contribution in [0.3, 0.4) is 0 Å². The summed E-state index contributed by atoms with van der Waals surface area (Å²) in [7, 11) is 1.72. The van der Waals surface area contributed by atoms with Gasteiger partial charge in [0.25, 0.3) is 0 Å². The number of fused-ring (bicyclic) bond motifs is 1. The third kappa shape index (κ3) is 4.11. The lowest BCUT2D eigenvalue weighted by atomic mass is 9.90. The Kier molecular flexibility index (Phi) is 5.57. The maximum atomic E-state index is 5.24. The zero-order valence-corrected chi connectivity index (χ0v) is 16.3. The molecule has 0 radical (unpaired) electrons. The highest BCUT2D eigenvalue weighted by atomic mass is 32.1. The van der Waals surface area contributed by atoms with E-state index in [1.54, 1.807) is 12.7 Å². The topological polar surface area (TPSA) is 12.5 Å². The van der Waals surface area contributed by atoms with Crippen LogP contribution in [0, 0.1) is 5.92 Å². The lowest BCUT2D eigenvalue weighted by Gasteiger charge is -2.32. The number of likely N-dealkylation sites (tertiary alicyclic amines) is 1. The van der Waals surface area contributed by atoms with Gasteiger partial charge in [-0.3, -0.25) is 0 Å². The van der Waals surface area contributed by atoms with Gasteiger partial charge in [0.05, 0.1) is 7.11 Å². The van der Waals surface area contributed by atoms with Crippen LogP contribution in [0.15, 0.2) is 53.9 Å². The van der Waals surface area contributed by atoms with Crippen LogP contribution in [-0.2, 0) is 12.8 Å². The number of rotatable bonds is 6. The fourth-order valence-electron chi connectivity index (χ4n) is 4.00. The highest BCUT2D eigenvalue weighted by molar-refractivity contribution is 7.17. The lowest BCUT2D eigenvalue weighted by molar-refractivity contribution is 0.186. The molecule has 1 aliphatic rings. The Morgan fingerprint density at radius 1 is 1.04 bits per heavy atom. The molecule has 136 valence electrons. The van der Waals surface area contributed by atoms with Gasteiger partial charge < -0.3 is 9.64 Å². The summed E-state index contributed by atoms with van der Waals surface area (Å²) in [5.74, 6) is 1.78. The molecule has 4 rings (SSSR count). The fraction of sp³-hybridized carbons (Fsp3) is 0.391. The van der Waals surface area contributed by atoms with E-state index in [-0.39, 0.29) is 0 Å². The van der Waals surface area contributed by atoms with E-state index < -0.39 is 0 Å². The van der Waals surface area contributed by atoms with Crippen molar-refractivity contribution in [1.82, 2.24) is 4.90 Å². The van der Waals surface area contributed by atoms with Crippen LogP contribution in [0.1, 0.15) is 24.0 Å². The maximum absolute atomic E-state index is 5.24. The number of thiophene rings is 1. The number of methoxy groups -OCH3 is 1. The predicted octanol–water partition coefficient (Wildman–Crippen LogP) is 5.41. The quantitative estimate of drug-likeness (QED) is 0.579. The minimum atomic E-state index is 0.838. The van der Waals surface area contributed by atoms with Crippen LogP contribution >= 0.6 is 11.3 Å². The second kappa shape index (κ2) is 8.24. The molecule has 3 aromatic rings. The normalized spacial score (nSPS) is 16.2. The smallest absolute Gasteiger partial charge is 0.118 e. The van der Waals surface area contributed by atoms with E-state index >= 15 is 0 Å². The summed E-state index contributed by atoms with van der Waals surface area (Å²) in [6.07, 6.45) is 5.03. The van der Waals surface area contributed by atoms with Crippen molar-refractivity contribution in [3.63, 3.8) is 0 Å². The van der Waals surface area contributed by atoms with Crippen LogP contribution < -0.4 is 4.74 Å². The number of piperidine rings is 1. The first-order valence-corrected chi connectivity index (χ1v) is 10.5. The molecule has 0 saturated carbocycles. The molecule has 0 bridgehead atoms. The fourth-order valence-corrected chi connectivity index (χ4v) is 4.97. The van der Waals surface area contributed by atoms with Crippen molar-refractivity contribution in [2.75, 3.05) is 26.7 Å². The summed E-state index contributed by atoms with van der Waals surface area (Å²) >= 11 is 1.89. The van der Waals surface area contributed by atoms with Gasteiger partial charge in [0.1, 0.15) is 5.75 Å². The first-order chi connectivity index (χ1) is 12.8. The van der Waals surface area contributed by atoms with Gasteiger partial charge in [-0.05, 0) is 84.8 Å². The molecule has 3 heteroatoms. The average molecular weight is 366 g/mol. The molecule has 0 aliphatic carbocycles. The molecule has 0 unspecified atom stereocenters. The molecule has 26 heavy (non-hydrogen) atoms. The molecule has 0 atom stereocenters. The molecule has 2 nitrogen and oxygen atoms in total. The van der Waals surface area contributed by atoms with Crippen LogP contribution in [0.4, 0.5) is 0 Å². The molecule has 1 fully saturated rings. The maximum Gasteiger partial charge on any atom is 0.118 e. The summed E-state index contributed by atoms with van der Waals surface area (Å²) in [5.41, 5.74) is 2.96. The Balaban J connectivity index is 1.26. The third-order valence-electron chi connectivity index (χ3n) is 5.65. The second-order valence-electron chi connectivity index (χ2n) is 7.34. The minimum absolute atomic E-state index is 0.838. The zero-order valence-electron chi connectivity index (χ0n) is 15.5. The van der Waals surface area contributed by atoms with E-state index in [0.717, 1.165) is 18.1 Å². The van der Waals surface area contributed by atoms with Crippen LogP contribution in [-0.4, -0.2) is 31.6 Å². The van der Waals surface area contributed by atoms with Crippen molar-refractivity contribution in [3.8, 4) is 5.75 Å². The highest BCUT2D eigenvalue weighted by Gasteiger charge is 2.20. The van der Waals surface area contributed by atoms with Gasteiger partial charge in [-0.2, -0.15) is 0 Å². The Labute approximate surface area is 160 Å². The van der Waals surface area contributed by atoms with E-state index in [2.05, 4.69) is 58.8 Å². The summed E-state index contributed by atoms with van der Waals surface area (Å²) in [6.45, 7) is 3.65. The number of hydrogen-bond donors (Lipinski definition) is 0. The van der Waals surface area contributed by atoms with Gasteiger partial charge in [-0.25, -0.2) is 0 Å². The van der Waals surface area contributed by atoms with Gasteiger partial charge in [0.2, 0.25) is 0 Å². The molecule has 1 aliphatic heterocycles. The first-order valence-electron chi connectivity index (χ1n) is 9.62. The van der Waals surface area contributed by atoms with Crippen molar-refractivity contribution in [2.24, 2.45) is 5.92 Å². The van der Waals surface area contributed by atoms with Gasteiger partial charge in [-0.1, -0.05) is 30.3 Å². The summed E-state index contributed by atoms with van der Waals surface area (Å²) in [6, 6.07) is 17.3. The number of benzene rings is 2. The van der Waals surface area contributed by atoms with E-state index in [1.165, 1.54) is 54.5 Å². The largest absolute Gasteiger partial charge is 0.497 e. The van der Waals surface area contributed by atoms with Crippen molar-refractivity contribution < 1.29 is 4.74 Å². The van der Waals surface area contributed by atoms with Gasteiger partial charge in [0.15, 0.2) is 0 Å². The Hall–Kier alpha value is -1.84. The van der Waals surface area contributed by atoms with E-state index in [4.69, 9.17) is 4.74 Å². The SMILES string of the molecule is COc1ccc(CCN2CCC(Cc3csc4ccccc34)CC2)cc1. The second-order valence-corrected chi connectivity index (χ2v) is 8.26. The van der Waals surface area contributed by atoms with Crippen LogP contribution in [0.5, 0.6) is 5.75 Å². The summed E-state index contributed by atoms with van der Waals surface area (Å²) in [5, 5.41) is 3.85. The monoisotopic (exact) mass is 365 g/mol. The average Bonchev–Trinajstić information content (AvgIpc) is 3.11. The first kappa shape index (κ1) is 17.6. The van der Waals surface area contributed by atoms with E-state index in [0.29, 0.717) is 0 Å². The summed E-state index contributed by atoms with van der Waals surface area (Å²) < 4.78 is 6.67. The Bertz CT molecular complexity index is 831. The van der Waals surface area contributed by atoms with Crippen LogP contribution in [0.25, 0.3) is 10.1 Å². The molecule has 0 amide bonds. The number of hydrogen-bond acceptors (Lipinski definition) is 3. The van der Waals surface area contributed by atoms with Crippen LogP contribution in [0.2, 0.25) is 0 Å². The molecule has 0 N–H and O–H groups in total. The molecular weight excluding hydrogens is 338 g/mol. The Morgan fingerprint density at radius 3 is 2.58 bits per heavy atom. The van der Waals surface area contributed by atoms with Gasteiger partial charge >= 0.3 is 0 Å². The minimum Gasteiger partial charge on any atom is -0.497 e. The predicted molar refractivity (Wildman–Crippen MR) is 111 cm³/mol. The van der Waals surface area contributed by atoms with Gasteiger partial charge in [0, 0.05) is 11.2 Å². The van der Waals surface area contributed by atoms with E-state index in [1.807, 2.05) is 11.3 Å². The lowest BCUT2D eigenvalue weighted by Crippen LogP contribution is -2.35. The van der Waals surface area contributed by atoms with Crippen molar-refractivity contribution in [3.05, 3.63) is 65.0 Å². The molecule has 2 heterocycles. The summed E-state index contributed by atoms with van der Waals surface area (Å²) in [4.78, 5) is 2.63. The van der Waals surface area contributed by atoms with Crippen molar-refractivity contribution in [1.29, 1.82) is 0 Å².